The van der Waals surface area contributed by atoms with E-state index in [1.54, 1.807) is 0 Å². The maximum absolute atomic E-state index is 10.3. The van der Waals surface area contributed by atoms with Crippen molar-refractivity contribution in [1.82, 2.24) is 0 Å². The van der Waals surface area contributed by atoms with Crippen molar-refractivity contribution >= 4 is 5.97 Å². The van der Waals surface area contributed by atoms with Crippen molar-refractivity contribution in [1.29, 1.82) is 0 Å². The Labute approximate surface area is 92.0 Å². The number of carboxylic acid groups (broad SMARTS) is 1. The van der Waals surface area contributed by atoms with Crippen LogP contribution in [0.15, 0.2) is 0 Å². The van der Waals surface area contributed by atoms with Gasteiger partial charge in [0, 0.05) is 6.04 Å². The van der Waals surface area contributed by atoms with Crippen LogP contribution in [-0.2, 0) is 4.79 Å². The third-order valence-electron chi connectivity index (χ3n) is 2.47. The average molecular weight is 216 g/mol. The van der Waals surface area contributed by atoms with Crippen LogP contribution >= 0.6 is 0 Å². The third kappa shape index (κ3) is 11.3. The van der Waals surface area contributed by atoms with Crippen LogP contribution in [0.4, 0.5) is 0 Å². The number of aliphatic carboxylic acids is 1. The predicted octanol–water partition coefficient (Wildman–Crippen LogP) is 1.48. The SMILES string of the molecule is NCCCCCCCCC(N)CC(=O)O. The number of hydrogen-bond acceptors (Lipinski definition) is 3. The Bertz CT molecular complexity index is 163. The second kappa shape index (κ2) is 9.93. The molecule has 4 nitrogen and oxygen atoms in total. The molecule has 0 aliphatic carbocycles. The predicted molar refractivity (Wildman–Crippen MR) is 61.6 cm³/mol. The molecule has 0 saturated carbocycles. The van der Waals surface area contributed by atoms with E-state index in [9.17, 15) is 4.79 Å². The Kier molecular flexibility index (Phi) is 9.52. The number of nitrogens with two attached hydrogens (primary N) is 2. The second-order valence-electron chi connectivity index (χ2n) is 4.06. The molecule has 0 heterocycles. The summed E-state index contributed by atoms with van der Waals surface area (Å²) in [6.07, 6.45) is 7.85. The monoisotopic (exact) mass is 216 g/mol. The van der Waals surface area contributed by atoms with Crippen molar-refractivity contribution in [2.75, 3.05) is 6.54 Å². The maximum Gasteiger partial charge on any atom is 0.304 e. The molecular formula is C11H24N2O2. The van der Waals surface area contributed by atoms with Gasteiger partial charge in [0.15, 0.2) is 0 Å². The highest BCUT2D eigenvalue weighted by Crippen LogP contribution is 2.08. The van der Waals surface area contributed by atoms with Gasteiger partial charge in [-0.1, -0.05) is 32.1 Å². The molecule has 0 aromatic carbocycles. The largest absolute Gasteiger partial charge is 0.481 e. The van der Waals surface area contributed by atoms with Crippen LogP contribution in [0.5, 0.6) is 0 Å². The van der Waals surface area contributed by atoms with Crippen LogP contribution in [0.3, 0.4) is 0 Å². The van der Waals surface area contributed by atoms with E-state index in [0.29, 0.717) is 0 Å². The lowest BCUT2D eigenvalue weighted by Crippen LogP contribution is -2.23. The molecule has 4 heteroatoms. The molecular weight excluding hydrogens is 192 g/mol. The summed E-state index contributed by atoms with van der Waals surface area (Å²) in [5.74, 6) is -0.801. The fraction of sp³-hybridized carbons (Fsp3) is 0.909. The maximum atomic E-state index is 10.3. The van der Waals surface area contributed by atoms with E-state index in [1.807, 2.05) is 0 Å². The quantitative estimate of drug-likeness (QED) is 0.482. The summed E-state index contributed by atoms with van der Waals surface area (Å²) in [4.78, 5) is 10.3. The molecule has 1 unspecified atom stereocenters. The average Bonchev–Trinajstić information content (AvgIpc) is 2.15. The molecule has 15 heavy (non-hydrogen) atoms. The highest BCUT2D eigenvalue weighted by atomic mass is 16.4. The lowest BCUT2D eigenvalue weighted by atomic mass is 10.0. The van der Waals surface area contributed by atoms with Gasteiger partial charge < -0.3 is 16.6 Å². The molecule has 0 fully saturated rings. The highest BCUT2D eigenvalue weighted by Gasteiger charge is 2.06. The molecule has 0 aromatic heterocycles. The number of carboxylic acids is 1. The van der Waals surface area contributed by atoms with E-state index in [0.717, 1.165) is 32.2 Å². The third-order valence-corrected chi connectivity index (χ3v) is 2.47. The van der Waals surface area contributed by atoms with Crippen LogP contribution in [-0.4, -0.2) is 23.7 Å². The summed E-state index contributed by atoms with van der Waals surface area (Å²) >= 11 is 0. The van der Waals surface area contributed by atoms with E-state index in [4.69, 9.17) is 16.6 Å². The molecule has 0 radical (unpaired) electrons. The van der Waals surface area contributed by atoms with Gasteiger partial charge in [-0.2, -0.15) is 0 Å². The summed E-state index contributed by atoms with van der Waals surface area (Å²) in [6, 6.07) is -0.174. The summed E-state index contributed by atoms with van der Waals surface area (Å²) in [5.41, 5.74) is 11.0. The molecule has 0 saturated heterocycles. The van der Waals surface area contributed by atoms with Crippen molar-refractivity contribution in [3.8, 4) is 0 Å². The molecule has 0 aromatic rings. The van der Waals surface area contributed by atoms with Crippen molar-refractivity contribution < 1.29 is 9.90 Å². The Balaban J connectivity index is 3.13. The van der Waals surface area contributed by atoms with E-state index >= 15 is 0 Å². The zero-order valence-electron chi connectivity index (χ0n) is 9.45. The number of unbranched alkanes of at least 4 members (excludes halogenated alkanes) is 5. The zero-order valence-corrected chi connectivity index (χ0v) is 9.45. The van der Waals surface area contributed by atoms with Gasteiger partial charge in [0.2, 0.25) is 0 Å². The normalized spacial score (nSPS) is 12.7. The van der Waals surface area contributed by atoms with E-state index < -0.39 is 5.97 Å². The van der Waals surface area contributed by atoms with Crippen LogP contribution in [0, 0.1) is 0 Å². The summed E-state index contributed by atoms with van der Waals surface area (Å²) < 4.78 is 0. The Morgan fingerprint density at radius 2 is 1.60 bits per heavy atom. The molecule has 0 spiro atoms. The van der Waals surface area contributed by atoms with Gasteiger partial charge in [0.25, 0.3) is 0 Å². The molecule has 0 bridgehead atoms. The van der Waals surface area contributed by atoms with Crippen molar-refractivity contribution in [3.63, 3.8) is 0 Å². The van der Waals surface area contributed by atoms with E-state index in [-0.39, 0.29) is 12.5 Å². The lowest BCUT2D eigenvalue weighted by Gasteiger charge is -2.07. The smallest absolute Gasteiger partial charge is 0.304 e. The second-order valence-corrected chi connectivity index (χ2v) is 4.06. The van der Waals surface area contributed by atoms with E-state index in [2.05, 4.69) is 0 Å². The van der Waals surface area contributed by atoms with Gasteiger partial charge in [0.1, 0.15) is 0 Å². The van der Waals surface area contributed by atoms with Gasteiger partial charge in [0.05, 0.1) is 6.42 Å². The van der Waals surface area contributed by atoms with Crippen molar-refractivity contribution in [2.24, 2.45) is 11.5 Å². The molecule has 0 amide bonds. The van der Waals surface area contributed by atoms with Crippen molar-refractivity contribution in [2.45, 2.75) is 57.4 Å². The first-order chi connectivity index (χ1) is 7.16. The number of hydrogen-bond donors (Lipinski definition) is 3. The minimum Gasteiger partial charge on any atom is -0.481 e. The van der Waals surface area contributed by atoms with Crippen molar-refractivity contribution in [3.05, 3.63) is 0 Å². The molecule has 0 aliphatic heterocycles. The van der Waals surface area contributed by atoms with Gasteiger partial charge >= 0.3 is 5.97 Å². The van der Waals surface area contributed by atoms with Crippen LogP contribution in [0.25, 0.3) is 0 Å². The topological polar surface area (TPSA) is 89.3 Å². The molecule has 5 N–H and O–H groups in total. The molecule has 90 valence electrons. The molecule has 1 atom stereocenters. The highest BCUT2D eigenvalue weighted by molar-refractivity contribution is 5.67. The van der Waals surface area contributed by atoms with E-state index in [1.165, 1.54) is 19.3 Å². The lowest BCUT2D eigenvalue weighted by molar-refractivity contribution is -0.137. The van der Waals surface area contributed by atoms with Gasteiger partial charge in [-0.3, -0.25) is 4.79 Å². The Morgan fingerprint density at radius 1 is 1.07 bits per heavy atom. The van der Waals surface area contributed by atoms with Crippen LogP contribution < -0.4 is 11.5 Å². The van der Waals surface area contributed by atoms with Gasteiger partial charge in [-0.05, 0) is 19.4 Å². The van der Waals surface area contributed by atoms with Gasteiger partial charge in [-0.15, -0.1) is 0 Å². The fourth-order valence-electron chi connectivity index (χ4n) is 1.58. The Morgan fingerprint density at radius 3 is 2.13 bits per heavy atom. The summed E-state index contributed by atoms with van der Waals surface area (Å²) in [7, 11) is 0. The molecule has 0 aliphatic rings. The zero-order chi connectivity index (χ0) is 11.5. The first kappa shape index (κ1) is 14.4. The standard InChI is InChI=1S/C11H24N2O2/c12-8-6-4-2-1-3-5-7-10(13)9-11(14)15/h10H,1-9,12-13H2,(H,14,15). The van der Waals surface area contributed by atoms with Crippen LogP contribution in [0.1, 0.15) is 51.4 Å². The minimum atomic E-state index is -0.801. The number of carbonyl (C=O) groups is 1. The van der Waals surface area contributed by atoms with Crippen LogP contribution in [0.2, 0.25) is 0 Å². The number of rotatable bonds is 10. The first-order valence-electron chi connectivity index (χ1n) is 5.84. The first-order valence-corrected chi connectivity index (χ1v) is 5.84. The Hall–Kier alpha value is -0.610. The van der Waals surface area contributed by atoms with Gasteiger partial charge in [-0.25, -0.2) is 0 Å². The minimum absolute atomic E-state index is 0.0904. The summed E-state index contributed by atoms with van der Waals surface area (Å²) in [5, 5.41) is 8.49. The summed E-state index contributed by atoms with van der Waals surface area (Å²) in [6.45, 7) is 0.781. The fourth-order valence-corrected chi connectivity index (χ4v) is 1.58. The molecule has 0 rings (SSSR count).